The highest BCUT2D eigenvalue weighted by atomic mass is 32.2. The average Bonchev–Trinajstić information content (AvgIpc) is 3.20. The van der Waals surface area contributed by atoms with Crippen molar-refractivity contribution < 1.29 is 4.42 Å². The lowest BCUT2D eigenvalue weighted by atomic mass is 10.0. The van der Waals surface area contributed by atoms with Gasteiger partial charge in [0.1, 0.15) is 5.76 Å². The monoisotopic (exact) mass is 360 g/mol. The molecule has 3 aromatic carbocycles. The summed E-state index contributed by atoms with van der Waals surface area (Å²) in [5.41, 5.74) is 8.92. The second-order valence-electron chi connectivity index (χ2n) is 6.07. The molecule has 130 valence electrons. The maximum atomic E-state index is 6.06. The number of thioether (sulfide) groups is 1. The normalized spacial score (nSPS) is 10.9. The molecule has 0 aliphatic rings. The van der Waals surface area contributed by atoms with E-state index in [-0.39, 0.29) is 0 Å². The third kappa shape index (κ3) is 3.70. The largest absolute Gasteiger partial charge is 0.464 e. The van der Waals surface area contributed by atoms with Crippen LogP contribution in [0.2, 0.25) is 0 Å². The number of benzene rings is 3. The summed E-state index contributed by atoms with van der Waals surface area (Å²) in [6, 6.07) is 24.7. The number of anilines is 2. The Morgan fingerprint density at radius 2 is 1.81 bits per heavy atom. The zero-order valence-corrected chi connectivity index (χ0v) is 15.1. The van der Waals surface area contributed by atoms with E-state index < -0.39 is 0 Å². The van der Waals surface area contributed by atoms with Gasteiger partial charge in [0.2, 0.25) is 0 Å². The Morgan fingerprint density at radius 1 is 0.923 bits per heavy atom. The first-order valence-electron chi connectivity index (χ1n) is 8.58. The lowest BCUT2D eigenvalue weighted by molar-refractivity contribution is 0.583. The minimum atomic E-state index is 0.740. The van der Waals surface area contributed by atoms with Crippen LogP contribution in [0.3, 0.4) is 0 Å². The molecule has 0 amide bonds. The van der Waals surface area contributed by atoms with Gasteiger partial charge in [0.05, 0.1) is 6.26 Å². The van der Waals surface area contributed by atoms with Crippen molar-refractivity contribution in [2.45, 2.75) is 4.90 Å². The Bertz CT molecular complexity index is 998. The average molecular weight is 360 g/mol. The van der Waals surface area contributed by atoms with Crippen molar-refractivity contribution in [1.29, 1.82) is 0 Å². The molecule has 3 N–H and O–H groups in total. The van der Waals surface area contributed by atoms with Crippen LogP contribution in [0.4, 0.5) is 11.4 Å². The predicted molar refractivity (Wildman–Crippen MR) is 112 cm³/mol. The van der Waals surface area contributed by atoms with Crippen LogP contribution in [-0.2, 0) is 0 Å². The smallest absolute Gasteiger partial charge is 0.134 e. The van der Waals surface area contributed by atoms with Crippen LogP contribution < -0.4 is 11.1 Å². The van der Waals surface area contributed by atoms with Gasteiger partial charge >= 0.3 is 0 Å². The Kier molecular flexibility index (Phi) is 4.84. The van der Waals surface area contributed by atoms with E-state index in [2.05, 4.69) is 47.8 Å². The number of furan rings is 1. The third-order valence-electron chi connectivity index (χ3n) is 4.21. The van der Waals surface area contributed by atoms with Crippen LogP contribution in [-0.4, -0.2) is 12.3 Å². The highest BCUT2D eigenvalue weighted by Gasteiger charge is 2.09. The molecular formula is C22H20N2OS. The first kappa shape index (κ1) is 16.6. The molecule has 0 radical (unpaired) electrons. The lowest BCUT2D eigenvalue weighted by Gasteiger charge is -2.11. The number of nitrogen functional groups attached to an aromatic ring is 1. The van der Waals surface area contributed by atoms with Gasteiger partial charge in [0.25, 0.3) is 0 Å². The molecule has 0 spiro atoms. The Labute approximate surface area is 157 Å². The Morgan fingerprint density at radius 3 is 2.62 bits per heavy atom. The second-order valence-corrected chi connectivity index (χ2v) is 7.24. The molecule has 1 aromatic heterocycles. The molecule has 3 nitrogen and oxygen atoms in total. The van der Waals surface area contributed by atoms with E-state index in [1.54, 1.807) is 6.26 Å². The maximum absolute atomic E-state index is 6.06. The number of fused-ring (bicyclic) bond motifs is 1. The van der Waals surface area contributed by atoms with Crippen molar-refractivity contribution in [3.8, 4) is 11.3 Å². The standard InChI is InChI=1S/C22H20N2OS/c23-17-13-16-8-9-18(24-10-12-26-19-5-2-1-3-6-19)15-20(16)21(14-17)22-7-4-11-25-22/h1-9,11,13-15,24H,10,12,23H2. The summed E-state index contributed by atoms with van der Waals surface area (Å²) in [4.78, 5) is 1.29. The zero-order valence-electron chi connectivity index (χ0n) is 14.3. The van der Waals surface area contributed by atoms with Crippen LogP contribution in [0.5, 0.6) is 0 Å². The van der Waals surface area contributed by atoms with Gasteiger partial charge in [-0.3, -0.25) is 0 Å². The molecule has 0 aliphatic heterocycles. The zero-order chi connectivity index (χ0) is 17.8. The van der Waals surface area contributed by atoms with Crippen molar-refractivity contribution in [2.24, 2.45) is 0 Å². The first-order chi connectivity index (χ1) is 12.8. The Balaban J connectivity index is 1.51. The molecule has 0 saturated heterocycles. The van der Waals surface area contributed by atoms with E-state index in [1.807, 2.05) is 42.1 Å². The van der Waals surface area contributed by atoms with Crippen molar-refractivity contribution in [3.05, 3.63) is 79.1 Å². The van der Waals surface area contributed by atoms with Crippen molar-refractivity contribution in [1.82, 2.24) is 0 Å². The molecule has 0 fully saturated rings. The summed E-state index contributed by atoms with van der Waals surface area (Å²) < 4.78 is 5.59. The van der Waals surface area contributed by atoms with Crippen molar-refractivity contribution in [2.75, 3.05) is 23.3 Å². The van der Waals surface area contributed by atoms with Gasteiger partial charge in [0.15, 0.2) is 0 Å². The molecule has 4 aromatic rings. The van der Waals surface area contributed by atoms with Crippen molar-refractivity contribution >= 4 is 33.9 Å². The molecule has 0 saturated carbocycles. The summed E-state index contributed by atoms with van der Waals surface area (Å²) in [6.07, 6.45) is 1.69. The van der Waals surface area contributed by atoms with E-state index in [0.29, 0.717) is 0 Å². The molecule has 0 atom stereocenters. The molecule has 4 rings (SSSR count). The summed E-state index contributed by atoms with van der Waals surface area (Å²) in [7, 11) is 0. The first-order valence-corrected chi connectivity index (χ1v) is 9.57. The number of nitrogens with one attached hydrogen (secondary N) is 1. The quantitative estimate of drug-likeness (QED) is 0.256. The molecule has 0 unspecified atom stereocenters. The van der Waals surface area contributed by atoms with Crippen LogP contribution in [0.25, 0.3) is 22.1 Å². The van der Waals surface area contributed by atoms with Crippen LogP contribution in [0.15, 0.2) is 88.4 Å². The van der Waals surface area contributed by atoms with E-state index >= 15 is 0 Å². The van der Waals surface area contributed by atoms with Gasteiger partial charge in [-0.1, -0.05) is 24.3 Å². The van der Waals surface area contributed by atoms with E-state index in [1.165, 1.54) is 4.90 Å². The molecule has 0 aliphatic carbocycles. The molecule has 1 heterocycles. The number of rotatable bonds is 6. The maximum Gasteiger partial charge on any atom is 0.134 e. The minimum absolute atomic E-state index is 0.740. The highest BCUT2D eigenvalue weighted by molar-refractivity contribution is 7.99. The third-order valence-corrected chi connectivity index (χ3v) is 5.22. The highest BCUT2D eigenvalue weighted by Crippen LogP contribution is 2.33. The van der Waals surface area contributed by atoms with E-state index in [9.17, 15) is 0 Å². The summed E-state index contributed by atoms with van der Waals surface area (Å²) >= 11 is 1.85. The van der Waals surface area contributed by atoms with Crippen LogP contribution in [0, 0.1) is 0 Å². The fourth-order valence-electron chi connectivity index (χ4n) is 3.01. The summed E-state index contributed by atoms with van der Waals surface area (Å²) in [6.45, 7) is 0.899. The lowest BCUT2D eigenvalue weighted by Crippen LogP contribution is -2.03. The fourth-order valence-corrected chi connectivity index (χ4v) is 3.80. The van der Waals surface area contributed by atoms with E-state index in [0.717, 1.165) is 45.8 Å². The van der Waals surface area contributed by atoms with Crippen LogP contribution >= 0.6 is 11.8 Å². The molecular weight excluding hydrogens is 340 g/mol. The van der Waals surface area contributed by atoms with Gasteiger partial charge in [0, 0.05) is 34.1 Å². The number of hydrogen-bond donors (Lipinski definition) is 2. The van der Waals surface area contributed by atoms with Crippen LogP contribution in [0.1, 0.15) is 0 Å². The topological polar surface area (TPSA) is 51.2 Å². The van der Waals surface area contributed by atoms with Gasteiger partial charge in [-0.15, -0.1) is 11.8 Å². The molecule has 0 bridgehead atoms. The summed E-state index contributed by atoms with van der Waals surface area (Å²) in [5, 5.41) is 5.76. The van der Waals surface area contributed by atoms with Gasteiger partial charge in [-0.25, -0.2) is 0 Å². The number of hydrogen-bond acceptors (Lipinski definition) is 4. The van der Waals surface area contributed by atoms with Gasteiger partial charge in [-0.2, -0.15) is 0 Å². The van der Waals surface area contributed by atoms with Crippen molar-refractivity contribution in [3.63, 3.8) is 0 Å². The predicted octanol–water partition coefficient (Wildman–Crippen LogP) is 5.89. The molecule has 26 heavy (non-hydrogen) atoms. The minimum Gasteiger partial charge on any atom is -0.464 e. The Hall–Kier alpha value is -2.85. The number of nitrogens with two attached hydrogens (primary N) is 1. The van der Waals surface area contributed by atoms with Gasteiger partial charge in [-0.05, 0) is 59.3 Å². The van der Waals surface area contributed by atoms with Gasteiger partial charge < -0.3 is 15.5 Å². The van der Waals surface area contributed by atoms with E-state index in [4.69, 9.17) is 10.2 Å². The second kappa shape index (κ2) is 7.58. The fraction of sp³-hybridized carbons (Fsp3) is 0.0909. The molecule has 4 heteroatoms. The SMILES string of the molecule is Nc1cc(-c2ccco2)c2cc(NCCSc3ccccc3)ccc2c1. The summed E-state index contributed by atoms with van der Waals surface area (Å²) in [5.74, 6) is 1.84.